The number of anilines is 1. The summed E-state index contributed by atoms with van der Waals surface area (Å²) in [6.07, 6.45) is 1.34. The maximum Gasteiger partial charge on any atom is 0.337 e. The van der Waals surface area contributed by atoms with Crippen LogP contribution in [0.3, 0.4) is 0 Å². The lowest BCUT2D eigenvalue weighted by atomic mass is 10.0. The third-order valence-corrected chi connectivity index (χ3v) is 3.13. The van der Waals surface area contributed by atoms with Gasteiger partial charge in [-0.15, -0.1) is 0 Å². The molecule has 0 bridgehead atoms. The van der Waals surface area contributed by atoms with E-state index < -0.39 is 4.92 Å². The predicted molar refractivity (Wildman–Crippen MR) is 77.8 cm³/mol. The Labute approximate surface area is 117 Å². The van der Waals surface area contributed by atoms with Crippen molar-refractivity contribution >= 4 is 11.5 Å². The zero-order chi connectivity index (χ0) is 14.7. The van der Waals surface area contributed by atoms with Crippen LogP contribution in [0.1, 0.15) is 18.1 Å². The molecule has 0 amide bonds. The molecule has 0 aliphatic carbocycles. The number of aryl methyl sites for hydroxylation is 2. The van der Waals surface area contributed by atoms with Gasteiger partial charge in [-0.1, -0.05) is 12.1 Å². The highest BCUT2D eigenvalue weighted by atomic mass is 16.6. The molecule has 1 heterocycles. The van der Waals surface area contributed by atoms with Crippen LogP contribution in [-0.2, 0) is 0 Å². The Kier molecular flexibility index (Phi) is 3.93. The summed E-state index contributed by atoms with van der Waals surface area (Å²) in [6.45, 7) is 6.39. The highest BCUT2D eigenvalue weighted by Gasteiger charge is 2.23. The monoisotopic (exact) mass is 272 g/mol. The molecule has 104 valence electrons. The molecule has 6 nitrogen and oxygen atoms in total. The molecule has 0 fully saturated rings. The molecule has 0 spiro atoms. The van der Waals surface area contributed by atoms with E-state index in [0.29, 0.717) is 12.2 Å². The van der Waals surface area contributed by atoms with Crippen LogP contribution in [0.2, 0.25) is 0 Å². The second-order valence-electron chi connectivity index (χ2n) is 4.51. The van der Waals surface area contributed by atoms with E-state index >= 15 is 0 Å². The normalized spacial score (nSPS) is 10.3. The van der Waals surface area contributed by atoms with Crippen molar-refractivity contribution in [2.45, 2.75) is 20.8 Å². The van der Waals surface area contributed by atoms with Crippen molar-refractivity contribution < 1.29 is 4.92 Å². The molecule has 0 atom stereocenters. The molecule has 20 heavy (non-hydrogen) atoms. The van der Waals surface area contributed by atoms with Crippen LogP contribution in [-0.4, -0.2) is 21.4 Å². The zero-order valence-electron chi connectivity index (χ0n) is 11.7. The van der Waals surface area contributed by atoms with Crippen molar-refractivity contribution in [1.82, 2.24) is 9.97 Å². The number of nitrogens with one attached hydrogen (secondary N) is 1. The largest absolute Gasteiger partial charge is 0.365 e. The van der Waals surface area contributed by atoms with Gasteiger partial charge >= 0.3 is 5.69 Å². The van der Waals surface area contributed by atoms with Crippen LogP contribution in [0.5, 0.6) is 0 Å². The van der Waals surface area contributed by atoms with E-state index in [-0.39, 0.29) is 11.5 Å². The van der Waals surface area contributed by atoms with E-state index in [4.69, 9.17) is 0 Å². The summed E-state index contributed by atoms with van der Waals surface area (Å²) in [5.41, 5.74) is 3.18. The minimum absolute atomic E-state index is 0.0856. The van der Waals surface area contributed by atoms with Crippen LogP contribution < -0.4 is 5.32 Å². The molecule has 2 aromatic rings. The fourth-order valence-electron chi connectivity index (χ4n) is 1.95. The third kappa shape index (κ3) is 2.59. The lowest BCUT2D eigenvalue weighted by Crippen LogP contribution is -2.06. The summed E-state index contributed by atoms with van der Waals surface area (Å²) in [5, 5.41) is 14.2. The molecule has 1 aromatic carbocycles. The molecule has 1 aromatic heterocycles. The molecule has 0 saturated carbocycles. The number of benzene rings is 1. The fraction of sp³-hybridized carbons (Fsp3) is 0.286. The molecule has 0 radical (unpaired) electrons. The number of rotatable bonds is 4. The third-order valence-electron chi connectivity index (χ3n) is 3.13. The summed E-state index contributed by atoms with van der Waals surface area (Å²) in [7, 11) is 0. The molecule has 2 rings (SSSR count). The Morgan fingerprint density at radius 1 is 1.25 bits per heavy atom. The maximum atomic E-state index is 11.3. The van der Waals surface area contributed by atoms with Gasteiger partial charge in [0.1, 0.15) is 6.33 Å². The van der Waals surface area contributed by atoms with E-state index in [9.17, 15) is 10.1 Å². The minimum atomic E-state index is -0.442. The van der Waals surface area contributed by atoms with Gasteiger partial charge in [-0.3, -0.25) is 10.1 Å². The smallest absolute Gasteiger partial charge is 0.337 e. The Hall–Kier alpha value is -2.50. The van der Waals surface area contributed by atoms with Gasteiger partial charge in [0.15, 0.2) is 5.69 Å². The molecule has 0 unspecified atom stereocenters. The Morgan fingerprint density at radius 2 is 2.00 bits per heavy atom. The summed E-state index contributed by atoms with van der Waals surface area (Å²) < 4.78 is 0. The van der Waals surface area contributed by atoms with E-state index in [1.54, 1.807) is 0 Å². The summed E-state index contributed by atoms with van der Waals surface area (Å²) in [4.78, 5) is 18.9. The van der Waals surface area contributed by atoms with Gasteiger partial charge in [-0.05, 0) is 38.0 Å². The first-order valence-electron chi connectivity index (χ1n) is 6.35. The van der Waals surface area contributed by atoms with Crippen LogP contribution >= 0.6 is 0 Å². The zero-order valence-corrected chi connectivity index (χ0v) is 11.7. The van der Waals surface area contributed by atoms with Crippen molar-refractivity contribution in [1.29, 1.82) is 0 Å². The Morgan fingerprint density at radius 3 is 2.60 bits per heavy atom. The van der Waals surface area contributed by atoms with Crippen molar-refractivity contribution in [3.8, 4) is 11.3 Å². The number of nitro groups is 1. The molecular weight excluding hydrogens is 256 g/mol. The van der Waals surface area contributed by atoms with Crippen molar-refractivity contribution in [2.24, 2.45) is 0 Å². The van der Waals surface area contributed by atoms with Gasteiger partial charge < -0.3 is 5.32 Å². The minimum Gasteiger partial charge on any atom is -0.365 e. The number of aromatic nitrogens is 2. The van der Waals surface area contributed by atoms with Crippen molar-refractivity contribution in [3.05, 3.63) is 45.8 Å². The highest BCUT2D eigenvalue weighted by molar-refractivity contribution is 5.77. The Bertz CT molecular complexity index is 656. The molecule has 6 heteroatoms. The number of hydrogen-bond donors (Lipinski definition) is 1. The Balaban J connectivity index is 2.63. The molecule has 1 N–H and O–H groups in total. The first kappa shape index (κ1) is 13.9. The van der Waals surface area contributed by atoms with Gasteiger partial charge in [0, 0.05) is 12.1 Å². The second-order valence-corrected chi connectivity index (χ2v) is 4.51. The number of nitrogens with zero attached hydrogens (tertiary/aromatic N) is 3. The first-order valence-corrected chi connectivity index (χ1v) is 6.35. The van der Waals surface area contributed by atoms with Crippen LogP contribution in [0.25, 0.3) is 11.3 Å². The second kappa shape index (κ2) is 5.64. The van der Waals surface area contributed by atoms with Gasteiger partial charge in [-0.25, -0.2) is 9.97 Å². The van der Waals surface area contributed by atoms with Crippen LogP contribution in [0.4, 0.5) is 11.5 Å². The fourth-order valence-corrected chi connectivity index (χ4v) is 1.95. The lowest BCUT2D eigenvalue weighted by Gasteiger charge is -2.08. The highest BCUT2D eigenvalue weighted by Crippen LogP contribution is 2.33. The van der Waals surface area contributed by atoms with Gasteiger partial charge in [-0.2, -0.15) is 0 Å². The number of hydrogen-bond acceptors (Lipinski definition) is 5. The summed E-state index contributed by atoms with van der Waals surface area (Å²) >= 11 is 0. The summed E-state index contributed by atoms with van der Waals surface area (Å²) in [5.74, 6) is 0.251. The molecule has 0 aliphatic rings. The van der Waals surface area contributed by atoms with Gasteiger partial charge in [0.25, 0.3) is 0 Å². The lowest BCUT2D eigenvalue weighted by molar-refractivity contribution is -0.383. The van der Waals surface area contributed by atoms with Crippen LogP contribution in [0, 0.1) is 24.0 Å². The predicted octanol–water partition coefficient (Wildman–Crippen LogP) is 3.10. The van der Waals surface area contributed by atoms with E-state index in [1.165, 1.54) is 6.33 Å². The molecular formula is C14H16N4O2. The van der Waals surface area contributed by atoms with E-state index in [1.807, 2.05) is 39.0 Å². The SMILES string of the molecule is CCNc1ncnc(-c2ccc(C)c(C)c2)c1[N+](=O)[O-]. The van der Waals surface area contributed by atoms with Gasteiger partial charge in [0.2, 0.25) is 5.82 Å². The average Bonchev–Trinajstić information content (AvgIpc) is 2.42. The topological polar surface area (TPSA) is 81.0 Å². The van der Waals surface area contributed by atoms with Crippen molar-refractivity contribution in [3.63, 3.8) is 0 Å². The van der Waals surface area contributed by atoms with E-state index in [0.717, 1.165) is 16.7 Å². The molecule has 0 aliphatic heterocycles. The maximum absolute atomic E-state index is 11.3. The average molecular weight is 272 g/mol. The first-order chi connectivity index (χ1) is 9.54. The van der Waals surface area contributed by atoms with Gasteiger partial charge in [0.05, 0.1) is 4.92 Å². The quantitative estimate of drug-likeness (QED) is 0.683. The molecule has 0 saturated heterocycles. The van der Waals surface area contributed by atoms with Crippen LogP contribution in [0.15, 0.2) is 24.5 Å². The summed E-state index contributed by atoms with van der Waals surface area (Å²) in [6, 6.07) is 5.68. The standard InChI is InChI=1S/C14H16N4O2/c1-4-15-14-13(18(19)20)12(16-8-17-14)11-6-5-9(2)10(3)7-11/h5-8H,4H2,1-3H3,(H,15,16,17). The van der Waals surface area contributed by atoms with E-state index in [2.05, 4.69) is 15.3 Å². The van der Waals surface area contributed by atoms with Crippen molar-refractivity contribution in [2.75, 3.05) is 11.9 Å².